The molecule has 5 nitrogen and oxygen atoms in total. The molecule has 23 heavy (non-hydrogen) atoms. The number of hydrogen-bond donors (Lipinski definition) is 2. The van der Waals surface area contributed by atoms with Gasteiger partial charge >= 0.3 is 0 Å². The summed E-state index contributed by atoms with van der Waals surface area (Å²) in [7, 11) is 3.55. The first-order valence-electron chi connectivity index (χ1n) is 8.81. The molecule has 1 rings (SSSR count). The van der Waals surface area contributed by atoms with E-state index in [0.717, 1.165) is 43.9 Å². The predicted octanol–water partition coefficient (Wildman–Crippen LogP) is 2.56. The minimum absolute atomic E-state index is 0. The number of unbranched alkanes of at least 4 members (excludes halogenated alkanes) is 1. The van der Waals surface area contributed by atoms with Gasteiger partial charge in [-0.1, -0.05) is 13.8 Å². The highest BCUT2D eigenvalue weighted by atomic mass is 127. The molecule has 1 heterocycles. The number of likely N-dealkylation sites (tertiary alicyclic amines) is 1. The van der Waals surface area contributed by atoms with E-state index >= 15 is 0 Å². The lowest BCUT2D eigenvalue weighted by molar-refractivity contribution is 0.139. The van der Waals surface area contributed by atoms with Crippen LogP contribution in [-0.4, -0.2) is 64.3 Å². The molecule has 2 N–H and O–H groups in total. The van der Waals surface area contributed by atoms with Crippen LogP contribution in [0.15, 0.2) is 4.99 Å². The number of hydrogen-bond acceptors (Lipinski definition) is 3. The molecule has 1 aliphatic heterocycles. The maximum Gasteiger partial charge on any atom is 0.190 e. The molecule has 0 aromatic carbocycles. The van der Waals surface area contributed by atoms with Gasteiger partial charge in [-0.2, -0.15) is 0 Å². The minimum Gasteiger partial charge on any atom is -0.385 e. The van der Waals surface area contributed by atoms with Crippen LogP contribution < -0.4 is 10.6 Å². The summed E-state index contributed by atoms with van der Waals surface area (Å²) in [6.45, 7) is 11.2. The molecule has 138 valence electrons. The van der Waals surface area contributed by atoms with E-state index in [0.29, 0.717) is 0 Å². The van der Waals surface area contributed by atoms with Crippen molar-refractivity contribution in [3.63, 3.8) is 0 Å². The fourth-order valence-electron chi connectivity index (χ4n) is 3.29. The summed E-state index contributed by atoms with van der Waals surface area (Å²) in [4.78, 5) is 6.87. The van der Waals surface area contributed by atoms with Crippen molar-refractivity contribution in [3.05, 3.63) is 0 Å². The number of ether oxygens (including phenoxy) is 1. The van der Waals surface area contributed by atoms with Crippen LogP contribution >= 0.6 is 24.0 Å². The number of aliphatic imine (C=N–C) groups is 1. The number of rotatable bonds is 9. The zero-order chi connectivity index (χ0) is 16.2. The molecule has 1 fully saturated rings. The van der Waals surface area contributed by atoms with Gasteiger partial charge in [-0.05, 0) is 44.1 Å². The predicted molar refractivity (Wildman–Crippen MR) is 110 cm³/mol. The lowest BCUT2D eigenvalue weighted by Gasteiger charge is -2.34. The van der Waals surface area contributed by atoms with Crippen molar-refractivity contribution < 1.29 is 4.74 Å². The second kappa shape index (κ2) is 14.3. The summed E-state index contributed by atoms with van der Waals surface area (Å²) in [6, 6.07) is 0. The topological polar surface area (TPSA) is 48.9 Å². The van der Waals surface area contributed by atoms with Gasteiger partial charge in [0.05, 0.1) is 0 Å². The SMILES string of the molecule is CN=C(NCCCCN1CC(C)CC(C)C1)NCCCOC.I. The van der Waals surface area contributed by atoms with Crippen LogP contribution in [0.25, 0.3) is 0 Å². The Morgan fingerprint density at radius 2 is 1.70 bits per heavy atom. The van der Waals surface area contributed by atoms with Crippen LogP contribution in [0.2, 0.25) is 0 Å². The Kier molecular flexibility index (Phi) is 14.2. The molecule has 0 amide bonds. The summed E-state index contributed by atoms with van der Waals surface area (Å²) in [5.74, 6) is 2.62. The Hall–Kier alpha value is -0.0800. The second-order valence-electron chi connectivity index (χ2n) is 6.68. The van der Waals surface area contributed by atoms with Crippen LogP contribution in [0.3, 0.4) is 0 Å². The minimum atomic E-state index is 0. The molecular weight excluding hydrogens is 403 g/mol. The third kappa shape index (κ3) is 11.2. The van der Waals surface area contributed by atoms with Gasteiger partial charge in [0.25, 0.3) is 0 Å². The van der Waals surface area contributed by atoms with Crippen molar-refractivity contribution in [2.24, 2.45) is 16.8 Å². The van der Waals surface area contributed by atoms with Gasteiger partial charge in [0.1, 0.15) is 0 Å². The normalized spacial score (nSPS) is 22.5. The molecule has 2 atom stereocenters. The van der Waals surface area contributed by atoms with Gasteiger partial charge in [-0.15, -0.1) is 24.0 Å². The van der Waals surface area contributed by atoms with Crippen LogP contribution in [-0.2, 0) is 4.74 Å². The van der Waals surface area contributed by atoms with E-state index in [-0.39, 0.29) is 24.0 Å². The van der Waals surface area contributed by atoms with Crippen molar-refractivity contribution >= 4 is 29.9 Å². The Morgan fingerprint density at radius 3 is 2.26 bits per heavy atom. The molecular formula is C17H37IN4O. The van der Waals surface area contributed by atoms with Crippen molar-refractivity contribution in [3.8, 4) is 0 Å². The van der Waals surface area contributed by atoms with E-state index in [9.17, 15) is 0 Å². The maximum absolute atomic E-state index is 5.04. The zero-order valence-corrected chi connectivity index (χ0v) is 17.8. The molecule has 0 aromatic rings. The molecule has 0 saturated carbocycles. The number of halogens is 1. The lowest BCUT2D eigenvalue weighted by Crippen LogP contribution is -2.40. The van der Waals surface area contributed by atoms with Crippen LogP contribution in [0.1, 0.15) is 39.5 Å². The molecule has 1 saturated heterocycles. The number of piperidine rings is 1. The van der Waals surface area contributed by atoms with Gasteiger partial charge in [0, 0.05) is 46.9 Å². The van der Waals surface area contributed by atoms with Gasteiger partial charge in [-0.3, -0.25) is 4.99 Å². The fraction of sp³-hybridized carbons (Fsp3) is 0.941. The highest BCUT2D eigenvalue weighted by molar-refractivity contribution is 14.0. The van der Waals surface area contributed by atoms with Gasteiger partial charge in [0.15, 0.2) is 5.96 Å². The van der Waals surface area contributed by atoms with Crippen LogP contribution in [0.5, 0.6) is 0 Å². The van der Waals surface area contributed by atoms with Crippen LogP contribution in [0.4, 0.5) is 0 Å². The van der Waals surface area contributed by atoms with Gasteiger partial charge < -0.3 is 20.3 Å². The number of nitrogens with zero attached hydrogens (tertiary/aromatic N) is 2. The second-order valence-corrected chi connectivity index (χ2v) is 6.68. The molecule has 0 spiro atoms. The first kappa shape index (κ1) is 22.9. The molecule has 0 radical (unpaired) electrons. The third-order valence-electron chi connectivity index (χ3n) is 4.18. The quantitative estimate of drug-likeness (QED) is 0.251. The summed E-state index contributed by atoms with van der Waals surface area (Å²) in [6.07, 6.45) is 4.84. The Labute approximate surface area is 160 Å². The summed E-state index contributed by atoms with van der Waals surface area (Å²) in [5.41, 5.74) is 0. The van der Waals surface area contributed by atoms with E-state index < -0.39 is 0 Å². The third-order valence-corrected chi connectivity index (χ3v) is 4.18. The van der Waals surface area contributed by atoms with Crippen molar-refractivity contribution in [2.75, 3.05) is 53.5 Å². The zero-order valence-electron chi connectivity index (χ0n) is 15.4. The van der Waals surface area contributed by atoms with Crippen molar-refractivity contribution in [1.82, 2.24) is 15.5 Å². The van der Waals surface area contributed by atoms with E-state index in [1.165, 1.54) is 38.9 Å². The summed E-state index contributed by atoms with van der Waals surface area (Å²) in [5, 5.41) is 6.69. The van der Waals surface area contributed by atoms with E-state index in [2.05, 4.69) is 34.4 Å². The molecule has 2 unspecified atom stereocenters. The van der Waals surface area contributed by atoms with Crippen LogP contribution in [0, 0.1) is 11.8 Å². The molecule has 6 heteroatoms. The Morgan fingerprint density at radius 1 is 1.09 bits per heavy atom. The smallest absolute Gasteiger partial charge is 0.190 e. The first-order valence-corrected chi connectivity index (χ1v) is 8.81. The molecule has 0 bridgehead atoms. The van der Waals surface area contributed by atoms with E-state index in [1.54, 1.807) is 7.11 Å². The number of guanidine groups is 1. The highest BCUT2D eigenvalue weighted by Crippen LogP contribution is 2.20. The van der Waals surface area contributed by atoms with Gasteiger partial charge in [0.2, 0.25) is 0 Å². The van der Waals surface area contributed by atoms with Crippen molar-refractivity contribution in [2.45, 2.75) is 39.5 Å². The van der Waals surface area contributed by atoms with Crippen molar-refractivity contribution in [1.29, 1.82) is 0 Å². The summed E-state index contributed by atoms with van der Waals surface area (Å²) < 4.78 is 5.04. The average Bonchev–Trinajstić information content (AvgIpc) is 2.48. The average molecular weight is 440 g/mol. The lowest BCUT2D eigenvalue weighted by atomic mass is 9.92. The maximum atomic E-state index is 5.04. The first-order chi connectivity index (χ1) is 10.7. The molecule has 1 aliphatic rings. The molecule has 0 aliphatic carbocycles. The Balaban J connectivity index is 0.00000484. The monoisotopic (exact) mass is 440 g/mol. The van der Waals surface area contributed by atoms with E-state index in [4.69, 9.17) is 4.74 Å². The molecule has 0 aromatic heterocycles. The largest absolute Gasteiger partial charge is 0.385 e. The highest BCUT2D eigenvalue weighted by Gasteiger charge is 2.20. The fourth-order valence-corrected chi connectivity index (χ4v) is 3.29. The van der Waals surface area contributed by atoms with Gasteiger partial charge in [-0.25, -0.2) is 0 Å². The standard InChI is InChI=1S/C17H36N4O.HI/c1-15-12-16(2)14-21(13-15)10-6-5-8-19-17(18-3)20-9-7-11-22-4;/h15-16H,5-14H2,1-4H3,(H2,18,19,20);1H. The van der Waals surface area contributed by atoms with E-state index in [1.807, 2.05) is 7.05 Å². The number of nitrogens with one attached hydrogen (secondary N) is 2. The summed E-state index contributed by atoms with van der Waals surface area (Å²) >= 11 is 0. The number of methoxy groups -OCH3 is 1. The Bertz CT molecular complexity index is 305.